The maximum Gasteiger partial charge on any atom is 0.316 e. The number of hydrogen-bond acceptors (Lipinski definition) is 5. The largest absolute Gasteiger partial charge is 0.467 e. The number of likely N-dealkylation sites (N-methyl/N-ethyl adjacent to an activating group) is 1. The van der Waals surface area contributed by atoms with Crippen molar-refractivity contribution in [3.8, 4) is 6.01 Å². The van der Waals surface area contributed by atoms with Crippen LogP contribution in [0.2, 0.25) is 0 Å². The van der Waals surface area contributed by atoms with Crippen LogP contribution in [0.3, 0.4) is 0 Å². The van der Waals surface area contributed by atoms with E-state index in [0.717, 1.165) is 30.5 Å². The second kappa shape index (κ2) is 4.79. The molecule has 1 saturated heterocycles. The first-order chi connectivity index (χ1) is 9.19. The Balaban J connectivity index is 2.00. The van der Waals surface area contributed by atoms with E-state index in [2.05, 4.69) is 26.9 Å². The van der Waals surface area contributed by atoms with Crippen LogP contribution >= 0.6 is 0 Å². The molecule has 2 unspecified atom stereocenters. The Bertz CT molecular complexity index is 581. The van der Waals surface area contributed by atoms with Crippen molar-refractivity contribution in [2.45, 2.75) is 18.4 Å². The summed E-state index contributed by atoms with van der Waals surface area (Å²) < 4.78 is 5.10. The highest BCUT2D eigenvalue weighted by molar-refractivity contribution is 5.79. The third-order valence-corrected chi connectivity index (χ3v) is 3.87. The van der Waals surface area contributed by atoms with Gasteiger partial charge in [0.1, 0.15) is 0 Å². The number of aromatic nitrogens is 3. The lowest BCUT2D eigenvalue weighted by Gasteiger charge is -2.34. The first-order valence-corrected chi connectivity index (χ1v) is 6.51. The lowest BCUT2D eigenvalue weighted by atomic mass is 9.87. The first-order valence-electron chi connectivity index (χ1n) is 6.51. The van der Waals surface area contributed by atoms with Crippen molar-refractivity contribution in [1.29, 1.82) is 0 Å². The van der Waals surface area contributed by atoms with Gasteiger partial charge in [0.2, 0.25) is 0 Å². The summed E-state index contributed by atoms with van der Waals surface area (Å²) in [6.45, 7) is 1.98. The van der Waals surface area contributed by atoms with Gasteiger partial charge in [-0.3, -0.25) is 0 Å². The zero-order valence-corrected chi connectivity index (χ0v) is 11.3. The van der Waals surface area contributed by atoms with E-state index in [1.807, 2.05) is 6.20 Å². The van der Waals surface area contributed by atoms with Gasteiger partial charge < -0.3 is 20.4 Å². The molecular weight excluding hydrogens is 242 g/mol. The Hall–Kier alpha value is -1.66. The van der Waals surface area contributed by atoms with Crippen molar-refractivity contribution in [1.82, 2.24) is 19.9 Å². The van der Waals surface area contributed by atoms with Crippen LogP contribution < -0.4 is 10.5 Å². The number of H-pyrrole nitrogens is 1. The van der Waals surface area contributed by atoms with Gasteiger partial charge in [0.25, 0.3) is 0 Å². The van der Waals surface area contributed by atoms with Crippen molar-refractivity contribution in [3.05, 3.63) is 18.0 Å². The standard InChI is InChI=1S/C13H19N5O/c1-18-4-3-8(10(14)7-18)9-5-15-11-6-16-13(19-2)17-12(9)11/h5-6,8,10,15H,3-4,7,14H2,1-2H3. The van der Waals surface area contributed by atoms with E-state index >= 15 is 0 Å². The topological polar surface area (TPSA) is 80.1 Å². The summed E-state index contributed by atoms with van der Waals surface area (Å²) in [5.74, 6) is 0.338. The molecule has 19 heavy (non-hydrogen) atoms. The predicted octanol–water partition coefficient (Wildman–Crippen LogP) is 0.713. The summed E-state index contributed by atoms with van der Waals surface area (Å²) in [4.78, 5) is 14.0. The van der Waals surface area contributed by atoms with Gasteiger partial charge in [0.15, 0.2) is 0 Å². The van der Waals surface area contributed by atoms with Crippen LogP contribution in [0.5, 0.6) is 6.01 Å². The van der Waals surface area contributed by atoms with Crippen molar-refractivity contribution in [2.24, 2.45) is 5.73 Å². The molecule has 0 aliphatic carbocycles. The number of likely N-dealkylation sites (tertiary alicyclic amines) is 1. The lowest BCUT2D eigenvalue weighted by molar-refractivity contribution is 0.229. The fourth-order valence-electron chi connectivity index (χ4n) is 2.83. The summed E-state index contributed by atoms with van der Waals surface area (Å²) in [5.41, 5.74) is 9.33. The average Bonchev–Trinajstić information content (AvgIpc) is 2.81. The molecule has 2 atom stereocenters. The van der Waals surface area contributed by atoms with E-state index in [1.54, 1.807) is 13.3 Å². The number of rotatable bonds is 2. The molecular formula is C13H19N5O. The molecule has 6 heteroatoms. The minimum absolute atomic E-state index is 0.138. The Kier molecular flexibility index (Phi) is 3.12. The molecule has 3 N–H and O–H groups in total. The number of nitrogens with zero attached hydrogens (tertiary/aromatic N) is 3. The highest BCUT2D eigenvalue weighted by atomic mass is 16.5. The van der Waals surface area contributed by atoms with Crippen LogP contribution in [0.1, 0.15) is 17.9 Å². The lowest BCUT2D eigenvalue weighted by Crippen LogP contribution is -2.45. The molecule has 6 nitrogen and oxygen atoms in total. The van der Waals surface area contributed by atoms with Crippen molar-refractivity contribution >= 4 is 11.0 Å². The van der Waals surface area contributed by atoms with Crippen LogP contribution in [0.25, 0.3) is 11.0 Å². The first kappa shape index (κ1) is 12.4. The molecule has 0 saturated carbocycles. The average molecular weight is 261 g/mol. The normalized spacial score (nSPS) is 24.8. The molecule has 0 radical (unpaired) electrons. The fraction of sp³-hybridized carbons (Fsp3) is 0.538. The smallest absolute Gasteiger partial charge is 0.316 e. The van der Waals surface area contributed by atoms with E-state index in [9.17, 15) is 0 Å². The van der Waals surface area contributed by atoms with Gasteiger partial charge in [0.05, 0.1) is 24.3 Å². The number of nitrogens with two attached hydrogens (primary N) is 1. The van der Waals surface area contributed by atoms with Gasteiger partial charge in [-0.1, -0.05) is 0 Å². The van der Waals surface area contributed by atoms with Crippen LogP contribution in [-0.4, -0.2) is 53.1 Å². The SMILES string of the molecule is COc1ncc2[nH]cc(C3CCN(C)CC3N)c2n1. The molecule has 0 spiro atoms. The maximum absolute atomic E-state index is 6.29. The van der Waals surface area contributed by atoms with E-state index in [1.165, 1.54) is 5.56 Å². The molecule has 0 amide bonds. The predicted molar refractivity (Wildman–Crippen MR) is 73.3 cm³/mol. The third-order valence-electron chi connectivity index (χ3n) is 3.87. The van der Waals surface area contributed by atoms with Crippen molar-refractivity contribution in [2.75, 3.05) is 27.2 Å². The van der Waals surface area contributed by atoms with E-state index in [4.69, 9.17) is 10.5 Å². The molecule has 0 aromatic carbocycles. The molecule has 1 aliphatic heterocycles. The Morgan fingerprint density at radius 1 is 1.53 bits per heavy atom. The molecule has 1 fully saturated rings. The summed E-state index contributed by atoms with van der Waals surface area (Å²) >= 11 is 0. The number of hydrogen-bond donors (Lipinski definition) is 2. The molecule has 3 heterocycles. The van der Waals surface area contributed by atoms with Crippen LogP contribution in [0, 0.1) is 0 Å². The van der Waals surface area contributed by atoms with Gasteiger partial charge in [-0.2, -0.15) is 4.98 Å². The summed E-state index contributed by atoms with van der Waals surface area (Å²) in [7, 11) is 3.69. The van der Waals surface area contributed by atoms with E-state index in [-0.39, 0.29) is 6.04 Å². The van der Waals surface area contributed by atoms with Gasteiger partial charge in [-0.05, 0) is 20.0 Å². The molecule has 102 valence electrons. The fourth-order valence-corrected chi connectivity index (χ4v) is 2.83. The van der Waals surface area contributed by atoms with Crippen LogP contribution in [0.4, 0.5) is 0 Å². The highest BCUT2D eigenvalue weighted by Crippen LogP contribution is 2.31. The Morgan fingerprint density at radius 3 is 3.11 bits per heavy atom. The van der Waals surface area contributed by atoms with E-state index in [0.29, 0.717) is 11.9 Å². The zero-order chi connectivity index (χ0) is 13.4. The van der Waals surface area contributed by atoms with Gasteiger partial charge in [0, 0.05) is 30.3 Å². The molecule has 1 aliphatic rings. The van der Waals surface area contributed by atoms with Gasteiger partial charge in [-0.25, -0.2) is 4.98 Å². The second-order valence-corrected chi connectivity index (χ2v) is 5.18. The molecule has 3 rings (SSSR count). The summed E-state index contributed by atoms with van der Waals surface area (Å²) in [5, 5.41) is 0. The van der Waals surface area contributed by atoms with Gasteiger partial charge >= 0.3 is 6.01 Å². The Labute approximate surface area is 112 Å². The second-order valence-electron chi connectivity index (χ2n) is 5.18. The quantitative estimate of drug-likeness (QED) is 0.832. The minimum atomic E-state index is 0.138. The van der Waals surface area contributed by atoms with Crippen LogP contribution in [0.15, 0.2) is 12.4 Å². The number of ether oxygens (including phenoxy) is 1. The van der Waals surface area contributed by atoms with E-state index < -0.39 is 0 Å². The number of nitrogens with one attached hydrogen (secondary N) is 1. The number of methoxy groups -OCH3 is 1. The van der Waals surface area contributed by atoms with Crippen molar-refractivity contribution < 1.29 is 4.74 Å². The third kappa shape index (κ3) is 2.17. The number of aromatic amines is 1. The highest BCUT2D eigenvalue weighted by Gasteiger charge is 2.28. The van der Waals surface area contributed by atoms with Crippen LogP contribution in [-0.2, 0) is 0 Å². The minimum Gasteiger partial charge on any atom is -0.467 e. The summed E-state index contributed by atoms with van der Waals surface area (Å²) in [6.07, 6.45) is 4.82. The molecule has 2 aromatic heterocycles. The molecule has 0 bridgehead atoms. The van der Waals surface area contributed by atoms with Gasteiger partial charge in [-0.15, -0.1) is 0 Å². The number of fused-ring (bicyclic) bond motifs is 1. The Morgan fingerprint density at radius 2 is 2.37 bits per heavy atom. The monoisotopic (exact) mass is 261 g/mol. The maximum atomic E-state index is 6.29. The number of piperidine rings is 1. The summed E-state index contributed by atoms with van der Waals surface area (Å²) in [6, 6.07) is 0.536. The molecule has 2 aromatic rings. The van der Waals surface area contributed by atoms with Crippen molar-refractivity contribution in [3.63, 3.8) is 0 Å². The zero-order valence-electron chi connectivity index (χ0n) is 11.3.